The van der Waals surface area contributed by atoms with Crippen molar-refractivity contribution in [3.8, 4) is 5.75 Å². The van der Waals surface area contributed by atoms with Gasteiger partial charge in [-0.15, -0.1) is 0 Å². The summed E-state index contributed by atoms with van der Waals surface area (Å²) in [7, 11) is 0. The van der Waals surface area contributed by atoms with Crippen LogP contribution in [0.3, 0.4) is 0 Å². The van der Waals surface area contributed by atoms with Crippen molar-refractivity contribution in [2.45, 2.75) is 13.5 Å². The fraction of sp³-hybridized carbons (Fsp3) is 0.0833. The molecule has 6 heteroatoms. The normalized spacial score (nSPS) is 14.9. The number of anilines is 1. The average Bonchev–Trinajstić information content (AvgIpc) is 3.03. The molecule has 1 aliphatic rings. The van der Waals surface area contributed by atoms with E-state index in [4.69, 9.17) is 16.3 Å². The average molecular weight is 421 g/mol. The zero-order chi connectivity index (χ0) is 21.1. The summed E-state index contributed by atoms with van der Waals surface area (Å²) in [6, 6.07) is 20.9. The Balaban J connectivity index is 1.52. The molecule has 0 N–H and O–H groups in total. The molecular weight excluding hydrogens is 403 g/mol. The lowest BCUT2D eigenvalue weighted by molar-refractivity contribution is -0.114. The molecule has 1 aliphatic heterocycles. The summed E-state index contributed by atoms with van der Waals surface area (Å²) in [4.78, 5) is 12.8. The monoisotopic (exact) mass is 420 g/mol. The predicted octanol–water partition coefficient (Wildman–Crippen LogP) is 5.86. The van der Waals surface area contributed by atoms with E-state index in [-0.39, 0.29) is 18.3 Å². The van der Waals surface area contributed by atoms with Gasteiger partial charge in [-0.1, -0.05) is 54.1 Å². The molecule has 0 atom stereocenters. The van der Waals surface area contributed by atoms with Gasteiger partial charge in [0.15, 0.2) is 0 Å². The maximum absolute atomic E-state index is 13.7. The third-order valence-corrected chi connectivity index (χ3v) is 4.97. The lowest BCUT2D eigenvalue weighted by Gasteiger charge is -2.11. The molecule has 0 unspecified atom stereocenters. The van der Waals surface area contributed by atoms with Crippen LogP contribution in [0.2, 0.25) is 5.02 Å². The van der Waals surface area contributed by atoms with Crippen molar-refractivity contribution in [2.24, 2.45) is 5.10 Å². The molecule has 1 amide bonds. The number of para-hydroxylation sites is 1. The molecule has 0 fully saturated rings. The highest BCUT2D eigenvalue weighted by atomic mass is 35.5. The standard InChI is InChI=1S/C24H18ClFN2O2/c1-16-20(24(29)28(27-16)19-8-3-2-4-9-19)13-17-11-12-23(21(25)14-17)30-15-18-7-5-6-10-22(18)26/h2-14H,15H2,1H3/b20-13+. The highest BCUT2D eigenvalue weighted by Crippen LogP contribution is 2.29. The van der Waals surface area contributed by atoms with Crippen molar-refractivity contribution in [1.82, 2.24) is 0 Å². The lowest BCUT2D eigenvalue weighted by atomic mass is 10.1. The fourth-order valence-electron chi connectivity index (χ4n) is 3.09. The van der Waals surface area contributed by atoms with Crippen LogP contribution in [0.5, 0.6) is 5.75 Å². The van der Waals surface area contributed by atoms with Crippen LogP contribution in [-0.4, -0.2) is 11.6 Å². The highest BCUT2D eigenvalue weighted by Gasteiger charge is 2.28. The van der Waals surface area contributed by atoms with Crippen molar-refractivity contribution in [3.63, 3.8) is 0 Å². The number of hydrogen-bond donors (Lipinski definition) is 0. The number of halogens is 2. The third-order valence-electron chi connectivity index (χ3n) is 4.67. The number of ether oxygens (including phenoxy) is 1. The molecule has 0 bridgehead atoms. The van der Waals surface area contributed by atoms with Gasteiger partial charge in [-0.2, -0.15) is 10.1 Å². The topological polar surface area (TPSA) is 41.9 Å². The number of carbonyl (C=O) groups excluding carboxylic acids is 1. The SMILES string of the molecule is CC1=NN(c2ccccc2)C(=O)/C1=C/c1ccc(OCc2ccccc2F)c(Cl)c1. The minimum absolute atomic E-state index is 0.0725. The van der Waals surface area contributed by atoms with Gasteiger partial charge < -0.3 is 4.74 Å². The van der Waals surface area contributed by atoms with Gasteiger partial charge in [-0.25, -0.2) is 4.39 Å². The minimum atomic E-state index is -0.326. The Bertz CT molecular complexity index is 1160. The Morgan fingerprint density at radius 2 is 1.80 bits per heavy atom. The quantitative estimate of drug-likeness (QED) is 0.485. The van der Waals surface area contributed by atoms with E-state index in [2.05, 4.69) is 5.10 Å². The largest absolute Gasteiger partial charge is 0.487 e. The van der Waals surface area contributed by atoms with Crippen molar-refractivity contribution >= 4 is 35.0 Å². The molecule has 30 heavy (non-hydrogen) atoms. The molecule has 0 saturated heterocycles. The van der Waals surface area contributed by atoms with E-state index in [9.17, 15) is 9.18 Å². The van der Waals surface area contributed by atoms with E-state index in [1.807, 2.05) is 30.3 Å². The smallest absolute Gasteiger partial charge is 0.280 e. The summed E-state index contributed by atoms with van der Waals surface area (Å²) in [5, 5.41) is 6.13. The molecule has 0 radical (unpaired) electrons. The summed E-state index contributed by atoms with van der Waals surface area (Å²) in [6.45, 7) is 1.86. The van der Waals surface area contributed by atoms with Crippen molar-refractivity contribution in [3.05, 3.63) is 100 Å². The molecule has 0 spiro atoms. The van der Waals surface area contributed by atoms with Gasteiger partial charge in [0.2, 0.25) is 0 Å². The maximum atomic E-state index is 13.7. The van der Waals surface area contributed by atoms with E-state index in [1.54, 1.807) is 49.4 Å². The molecular formula is C24H18ClFN2O2. The first-order chi connectivity index (χ1) is 14.5. The van der Waals surface area contributed by atoms with Crippen molar-refractivity contribution < 1.29 is 13.9 Å². The Kier molecular flexibility index (Phi) is 5.63. The minimum Gasteiger partial charge on any atom is -0.487 e. The molecule has 4 nitrogen and oxygen atoms in total. The summed E-state index contributed by atoms with van der Waals surface area (Å²) in [5.41, 5.74) is 3.02. The molecule has 4 rings (SSSR count). The fourth-order valence-corrected chi connectivity index (χ4v) is 3.33. The van der Waals surface area contributed by atoms with Gasteiger partial charge in [0.1, 0.15) is 18.2 Å². The second-order valence-corrected chi connectivity index (χ2v) is 7.17. The zero-order valence-electron chi connectivity index (χ0n) is 16.2. The van der Waals surface area contributed by atoms with Crippen LogP contribution in [0.1, 0.15) is 18.1 Å². The molecule has 0 aliphatic carbocycles. The maximum Gasteiger partial charge on any atom is 0.280 e. The number of amides is 1. The molecule has 0 saturated carbocycles. The van der Waals surface area contributed by atoms with Crippen LogP contribution in [0.15, 0.2) is 83.5 Å². The first kappa shape index (κ1) is 19.9. The van der Waals surface area contributed by atoms with Crippen LogP contribution in [0.4, 0.5) is 10.1 Å². The molecule has 1 heterocycles. The number of nitrogens with zero attached hydrogens (tertiary/aromatic N) is 2. The van der Waals surface area contributed by atoms with E-state index >= 15 is 0 Å². The third kappa shape index (κ3) is 4.11. The summed E-state index contributed by atoms with van der Waals surface area (Å²) >= 11 is 6.34. The second-order valence-electron chi connectivity index (χ2n) is 6.77. The molecule has 3 aromatic rings. The van der Waals surface area contributed by atoms with Gasteiger partial charge >= 0.3 is 0 Å². The number of carbonyl (C=O) groups is 1. The Morgan fingerprint density at radius 1 is 1.07 bits per heavy atom. The van der Waals surface area contributed by atoms with Gasteiger partial charge in [-0.3, -0.25) is 4.79 Å². The van der Waals surface area contributed by atoms with Crippen LogP contribution < -0.4 is 9.75 Å². The van der Waals surface area contributed by atoms with Crippen molar-refractivity contribution in [2.75, 3.05) is 5.01 Å². The van der Waals surface area contributed by atoms with Gasteiger partial charge in [-0.05, 0) is 48.9 Å². The number of hydrogen-bond acceptors (Lipinski definition) is 3. The van der Waals surface area contributed by atoms with Crippen molar-refractivity contribution in [1.29, 1.82) is 0 Å². The Labute approximate surface area is 178 Å². The summed E-state index contributed by atoms with van der Waals surface area (Å²) in [5.74, 6) is -0.0849. The first-order valence-electron chi connectivity index (χ1n) is 9.35. The number of hydrazone groups is 1. The van der Waals surface area contributed by atoms with Crippen LogP contribution in [-0.2, 0) is 11.4 Å². The number of rotatable bonds is 5. The first-order valence-corrected chi connectivity index (χ1v) is 9.73. The van der Waals surface area contributed by atoms with E-state index < -0.39 is 0 Å². The van der Waals surface area contributed by atoms with Gasteiger partial charge in [0, 0.05) is 5.56 Å². The lowest BCUT2D eigenvalue weighted by Crippen LogP contribution is -2.21. The zero-order valence-corrected chi connectivity index (χ0v) is 16.9. The van der Waals surface area contributed by atoms with E-state index in [0.29, 0.717) is 33.3 Å². The van der Waals surface area contributed by atoms with Crippen LogP contribution >= 0.6 is 11.6 Å². The number of benzene rings is 3. The van der Waals surface area contributed by atoms with Crippen LogP contribution in [0.25, 0.3) is 6.08 Å². The molecule has 150 valence electrons. The van der Waals surface area contributed by atoms with Gasteiger partial charge in [0.25, 0.3) is 5.91 Å². The highest BCUT2D eigenvalue weighted by molar-refractivity contribution is 6.33. The predicted molar refractivity (Wildman–Crippen MR) is 117 cm³/mol. The second kappa shape index (κ2) is 8.51. The Hall–Kier alpha value is -3.44. The van der Waals surface area contributed by atoms with E-state index in [1.165, 1.54) is 11.1 Å². The van der Waals surface area contributed by atoms with Gasteiger partial charge in [0.05, 0.1) is 22.0 Å². The Morgan fingerprint density at radius 3 is 2.53 bits per heavy atom. The molecule has 0 aromatic heterocycles. The van der Waals surface area contributed by atoms with Crippen LogP contribution in [0, 0.1) is 5.82 Å². The summed E-state index contributed by atoms with van der Waals surface area (Å²) in [6.07, 6.45) is 1.75. The summed E-state index contributed by atoms with van der Waals surface area (Å²) < 4.78 is 19.4. The van der Waals surface area contributed by atoms with E-state index in [0.717, 1.165) is 5.56 Å². The molecule has 3 aromatic carbocycles.